The number of hydrogen-bond acceptors (Lipinski definition) is 7. The molecule has 25 heavy (non-hydrogen) atoms. The van der Waals surface area contributed by atoms with E-state index in [1.165, 1.54) is 25.6 Å². The minimum atomic E-state index is -0.691. The molecule has 3 heterocycles. The summed E-state index contributed by atoms with van der Waals surface area (Å²) in [6.45, 7) is 2.45. The highest BCUT2D eigenvalue weighted by molar-refractivity contribution is 5.82. The van der Waals surface area contributed by atoms with Gasteiger partial charge in [0.1, 0.15) is 6.61 Å². The van der Waals surface area contributed by atoms with Gasteiger partial charge in [-0.1, -0.05) is 0 Å². The third-order valence-corrected chi connectivity index (χ3v) is 3.74. The number of anilines is 1. The molecule has 132 valence electrons. The van der Waals surface area contributed by atoms with Gasteiger partial charge < -0.3 is 14.8 Å². The molecule has 0 spiro atoms. The lowest BCUT2D eigenvalue weighted by molar-refractivity contribution is 0.172. The first-order valence-corrected chi connectivity index (χ1v) is 7.78. The van der Waals surface area contributed by atoms with Crippen LogP contribution in [-0.2, 0) is 4.74 Å². The summed E-state index contributed by atoms with van der Waals surface area (Å²) >= 11 is 0. The molecular weight excluding hydrogens is 329 g/mol. The van der Waals surface area contributed by atoms with Crippen LogP contribution in [0.5, 0.6) is 5.88 Å². The number of carbonyl (C=O) groups is 1. The molecule has 2 aromatic heterocycles. The largest absolute Gasteiger partial charge is 0.474 e. The number of ether oxygens (including phenoxy) is 2. The average molecular weight is 347 g/mol. The number of rotatable bonds is 5. The quantitative estimate of drug-likeness (QED) is 0.853. The molecule has 3 rings (SSSR count). The molecule has 2 N–H and O–H groups in total. The van der Waals surface area contributed by atoms with Crippen molar-refractivity contribution in [2.45, 2.75) is 25.4 Å². The zero-order valence-corrected chi connectivity index (χ0v) is 13.8. The molecule has 1 fully saturated rings. The van der Waals surface area contributed by atoms with Gasteiger partial charge in [0.05, 0.1) is 12.8 Å². The van der Waals surface area contributed by atoms with Gasteiger partial charge in [-0.3, -0.25) is 5.32 Å². The minimum absolute atomic E-state index is 0.0490. The van der Waals surface area contributed by atoms with Crippen molar-refractivity contribution in [2.24, 2.45) is 0 Å². The normalized spacial score (nSPS) is 19.0. The first-order chi connectivity index (χ1) is 12.0. The van der Waals surface area contributed by atoms with Gasteiger partial charge >= 0.3 is 6.09 Å². The molecule has 0 aliphatic carbocycles. The van der Waals surface area contributed by atoms with E-state index in [1.54, 1.807) is 6.07 Å². The number of amides is 1. The van der Waals surface area contributed by atoms with Gasteiger partial charge in [0.15, 0.2) is 5.82 Å². The summed E-state index contributed by atoms with van der Waals surface area (Å²) in [7, 11) is 1.23. The summed E-state index contributed by atoms with van der Waals surface area (Å²) in [6, 6.07) is 3.56. The van der Waals surface area contributed by atoms with Crippen LogP contribution in [0.3, 0.4) is 0 Å². The van der Waals surface area contributed by atoms with Crippen molar-refractivity contribution in [2.75, 3.05) is 19.0 Å². The van der Waals surface area contributed by atoms with Crippen LogP contribution in [0.15, 0.2) is 24.5 Å². The van der Waals surface area contributed by atoms with Crippen molar-refractivity contribution in [3.05, 3.63) is 30.3 Å². The lowest BCUT2D eigenvalue weighted by Gasteiger charge is -2.34. The van der Waals surface area contributed by atoms with Crippen LogP contribution >= 0.6 is 0 Å². The minimum Gasteiger partial charge on any atom is -0.474 e. The van der Waals surface area contributed by atoms with E-state index in [0.717, 1.165) is 6.42 Å². The number of aromatic nitrogens is 3. The molecule has 0 radical (unpaired) electrons. The Bertz CT molecular complexity index is 767. The number of nitrogens with one attached hydrogen (secondary N) is 2. The molecule has 1 amide bonds. The van der Waals surface area contributed by atoms with Gasteiger partial charge in [-0.25, -0.2) is 24.1 Å². The Morgan fingerprint density at radius 2 is 2.28 bits per heavy atom. The fourth-order valence-corrected chi connectivity index (χ4v) is 2.49. The Balaban J connectivity index is 1.69. The van der Waals surface area contributed by atoms with E-state index in [1.807, 2.05) is 0 Å². The third-order valence-electron chi connectivity index (χ3n) is 3.74. The van der Waals surface area contributed by atoms with Crippen LogP contribution in [0.2, 0.25) is 0 Å². The lowest BCUT2D eigenvalue weighted by atomic mass is 10.00. The molecule has 2 unspecified atom stereocenters. The van der Waals surface area contributed by atoms with Gasteiger partial charge in [-0.15, -0.1) is 0 Å². The molecular formula is C16H18FN5O3. The monoisotopic (exact) mass is 347 g/mol. The molecule has 8 nitrogen and oxygen atoms in total. The van der Waals surface area contributed by atoms with E-state index >= 15 is 0 Å². The van der Waals surface area contributed by atoms with E-state index in [2.05, 4.69) is 37.2 Å². The van der Waals surface area contributed by atoms with Crippen molar-refractivity contribution in [3.63, 3.8) is 0 Å². The summed E-state index contributed by atoms with van der Waals surface area (Å²) in [6.07, 6.45) is 3.21. The highest BCUT2D eigenvalue weighted by Gasteiger charge is 2.25. The number of hydrogen-bond donors (Lipinski definition) is 2. The highest BCUT2D eigenvalue weighted by Crippen LogP contribution is 2.23. The van der Waals surface area contributed by atoms with Crippen molar-refractivity contribution in [3.8, 4) is 17.1 Å². The fourth-order valence-electron chi connectivity index (χ4n) is 2.49. The van der Waals surface area contributed by atoms with Crippen LogP contribution in [0, 0.1) is 5.82 Å². The van der Waals surface area contributed by atoms with Crippen LogP contribution in [0.25, 0.3) is 11.3 Å². The third kappa shape index (κ3) is 4.18. The lowest BCUT2D eigenvalue weighted by Crippen LogP contribution is -2.53. The molecule has 2 aromatic rings. The summed E-state index contributed by atoms with van der Waals surface area (Å²) in [5.74, 6) is -0.576. The first kappa shape index (κ1) is 17.0. The summed E-state index contributed by atoms with van der Waals surface area (Å²) in [5, 5.41) is 5.61. The first-order valence-electron chi connectivity index (χ1n) is 7.78. The SMILES string of the molecule is COC(=O)Nc1nccc(-c2cnc(OCC3CC(C)N3)c(F)c2)n1. The predicted molar refractivity (Wildman–Crippen MR) is 87.7 cm³/mol. The summed E-state index contributed by atoms with van der Waals surface area (Å²) in [4.78, 5) is 23.2. The molecule has 1 aliphatic heterocycles. The standard InChI is InChI=1S/C16H18FN5O3/c1-9-5-11(20-9)8-25-14-12(17)6-10(7-19-14)13-3-4-18-15(21-13)22-16(23)24-2/h3-4,6-7,9,11,20H,5,8H2,1-2H3,(H,18,21,22,23). The topological polar surface area (TPSA) is 98.3 Å². The Morgan fingerprint density at radius 1 is 1.48 bits per heavy atom. The number of pyridine rings is 1. The summed E-state index contributed by atoms with van der Waals surface area (Å²) in [5.41, 5.74) is 0.851. The predicted octanol–water partition coefficient (Wildman–Crippen LogP) is 1.99. The highest BCUT2D eigenvalue weighted by atomic mass is 19.1. The van der Waals surface area contributed by atoms with Crippen LogP contribution in [0.4, 0.5) is 15.1 Å². The maximum absolute atomic E-state index is 14.2. The zero-order valence-electron chi connectivity index (χ0n) is 13.8. The number of nitrogens with zero attached hydrogens (tertiary/aromatic N) is 3. The fraction of sp³-hybridized carbons (Fsp3) is 0.375. The molecule has 2 atom stereocenters. The van der Waals surface area contributed by atoms with Crippen LogP contribution < -0.4 is 15.4 Å². The van der Waals surface area contributed by atoms with Crippen molar-refractivity contribution >= 4 is 12.0 Å². The maximum Gasteiger partial charge on any atom is 0.413 e. The van der Waals surface area contributed by atoms with Crippen LogP contribution in [0.1, 0.15) is 13.3 Å². The van der Waals surface area contributed by atoms with Crippen molar-refractivity contribution in [1.29, 1.82) is 0 Å². The molecule has 0 saturated carbocycles. The van der Waals surface area contributed by atoms with E-state index in [9.17, 15) is 9.18 Å². The maximum atomic E-state index is 14.2. The van der Waals surface area contributed by atoms with Gasteiger partial charge in [0, 0.05) is 30.0 Å². The smallest absolute Gasteiger partial charge is 0.413 e. The second kappa shape index (κ2) is 7.39. The molecule has 0 bridgehead atoms. The number of methoxy groups -OCH3 is 1. The summed E-state index contributed by atoms with van der Waals surface area (Å²) < 4.78 is 24.1. The Morgan fingerprint density at radius 3 is 2.96 bits per heavy atom. The van der Waals surface area contributed by atoms with Crippen LogP contribution in [-0.4, -0.2) is 46.8 Å². The Hall–Kier alpha value is -2.81. The van der Waals surface area contributed by atoms with E-state index in [-0.39, 0.29) is 17.9 Å². The van der Waals surface area contributed by atoms with Crippen molar-refractivity contribution < 1.29 is 18.7 Å². The molecule has 1 saturated heterocycles. The van der Waals surface area contributed by atoms with Gasteiger partial charge in [0.25, 0.3) is 0 Å². The van der Waals surface area contributed by atoms with Gasteiger partial charge in [-0.2, -0.15) is 0 Å². The molecule has 0 aromatic carbocycles. The number of carbonyl (C=O) groups excluding carboxylic acids is 1. The van der Waals surface area contributed by atoms with E-state index in [4.69, 9.17) is 4.74 Å². The number of halogens is 1. The second-order valence-electron chi connectivity index (χ2n) is 5.70. The van der Waals surface area contributed by atoms with Gasteiger partial charge in [0.2, 0.25) is 11.8 Å². The van der Waals surface area contributed by atoms with Gasteiger partial charge in [-0.05, 0) is 25.5 Å². The average Bonchev–Trinajstić information content (AvgIpc) is 2.58. The molecule has 9 heteroatoms. The van der Waals surface area contributed by atoms with Crippen molar-refractivity contribution in [1.82, 2.24) is 20.3 Å². The second-order valence-corrected chi connectivity index (χ2v) is 5.70. The Kier molecular flexibility index (Phi) is 5.03. The molecule has 1 aliphatic rings. The zero-order chi connectivity index (χ0) is 17.8. The van der Waals surface area contributed by atoms with E-state index < -0.39 is 11.9 Å². The van der Waals surface area contributed by atoms with E-state index in [0.29, 0.717) is 23.9 Å². The Labute approximate surface area is 143 Å².